The van der Waals surface area contributed by atoms with Crippen molar-refractivity contribution in [2.75, 3.05) is 0 Å². The van der Waals surface area contributed by atoms with Crippen molar-refractivity contribution in [3.63, 3.8) is 0 Å². The van der Waals surface area contributed by atoms with E-state index < -0.39 is 0 Å². The molecule has 1 aromatic heterocycles. The first-order chi connectivity index (χ1) is 7.58. The van der Waals surface area contributed by atoms with E-state index in [1.165, 1.54) is 0 Å². The molecule has 1 N–H and O–H groups in total. The normalized spacial score (nSPS) is 11.6. The average Bonchev–Trinajstić information content (AvgIpc) is 2.53. The molecule has 1 aromatic carbocycles. The molecule has 0 unspecified atom stereocenters. The second-order valence-electron chi connectivity index (χ2n) is 4.26. The van der Waals surface area contributed by atoms with Gasteiger partial charge in [-0.15, -0.1) is 0 Å². The van der Waals surface area contributed by atoms with Gasteiger partial charge in [0.05, 0.1) is 17.6 Å². The molecule has 0 atom stereocenters. The van der Waals surface area contributed by atoms with Gasteiger partial charge in [-0.05, 0) is 18.2 Å². The number of halogens is 1. The third-order valence-electron chi connectivity index (χ3n) is 2.60. The second kappa shape index (κ2) is 4.44. The quantitative estimate of drug-likeness (QED) is 0.890. The van der Waals surface area contributed by atoms with E-state index >= 15 is 0 Å². The van der Waals surface area contributed by atoms with Gasteiger partial charge in [0.2, 0.25) is 0 Å². The molecule has 86 valence electrons. The highest BCUT2D eigenvalue weighted by atomic mass is 35.5. The summed E-state index contributed by atoms with van der Waals surface area (Å²) in [6, 6.07) is 6.24. The molecule has 0 radical (unpaired) electrons. The van der Waals surface area contributed by atoms with Gasteiger partial charge in [-0.1, -0.05) is 25.4 Å². The Morgan fingerprint density at radius 1 is 1.44 bits per heavy atom. The van der Waals surface area contributed by atoms with Crippen molar-refractivity contribution in [3.8, 4) is 0 Å². The lowest BCUT2D eigenvalue weighted by Crippen LogP contribution is -2.23. The van der Waals surface area contributed by atoms with Crippen LogP contribution in [-0.4, -0.2) is 15.6 Å². The van der Waals surface area contributed by atoms with E-state index in [-0.39, 0.29) is 0 Å². The summed E-state index contributed by atoms with van der Waals surface area (Å²) in [6.07, 6.45) is 0. The molecule has 1 heterocycles. The van der Waals surface area contributed by atoms with E-state index in [2.05, 4.69) is 28.7 Å². The molecule has 0 aliphatic carbocycles. The van der Waals surface area contributed by atoms with Gasteiger partial charge < -0.3 is 9.88 Å². The highest BCUT2D eigenvalue weighted by Gasteiger charge is 2.07. The van der Waals surface area contributed by atoms with Crippen molar-refractivity contribution in [2.45, 2.75) is 26.4 Å². The number of aromatic nitrogens is 2. The molecule has 0 fully saturated rings. The van der Waals surface area contributed by atoms with E-state index in [4.69, 9.17) is 11.6 Å². The molecule has 0 aliphatic rings. The lowest BCUT2D eigenvalue weighted by molar-refractivity contribution is 0.563. The fraction of sp³-hybridized carbons (Fsp3) is 0.417. The number of aryl methyl sites for hydroxylation is 1. The molecule has 0 saturated carbocycles. The van der Waals surface area contributed by atoms with Crippen molar-refractivity contribution in [2.24, 2.45) is 7.05 Å². The lowest BCUT2D eigenvalue weighted by atomic mass is 10.3. The molecule has 0 amide bonds. The highest BCUT2D eigenvalue weighted by molar-refractivity contribution is 6.31. The van der Waals surface area contributed by atoms with Crippen molar-refractivity contribution in [1.82, 2.24) is 14.9 Å². The van der Waals surface area contributed by atoms with Crippen LogP contribution in [0.5, 0.6) is 0 Å². The van der Waals surface area contributed by atoms with Gasteiger partial charge in [0, 0.05) is 18.1 Å². The number of hydrogen-bond donors (Lipinski definition) is 1. The van der Waals surface area contributed by atoms with Gasteiger partial charge in [-0.3, -0.25) is 0 Å². The zero-order valence-electron chi connectivity index (χ0n) is 9.79. The van der Waals surface area contributed by atoms with Gasteiger partial charge in [0.15, 0.2) is 0 Å². The van der Waals surface area contributed by atoms with E-state index in [9.17, 15) is 0 Å². The topological polar surface area (TPSA) is 29.9 Å². The minimum atomic E-state index is 0.461. The van der Waals surface area contributed by atoms with Crippen LogP contribution in [0.2, 0.25) is 5.02 Å². The molecule has 0 aliphatic heterocycles. The summed E-state index contributed by atoms with van der Waals surface area (Å²) >= 11 is 5.97. The lowest BCUT2D eigenvalue weighted by Gasteiger charge is -2.07. The van der Waals surface area contributed by atoms with Crippen molar-refractivity contribution >= 4 is 22.6 Å². The van der Waals surface area contributed by atoms with Crippen LogP contribution in [0.15, 0.2) is 18.2 Å². The number of nitrogens with one attached hydrogen (secondary N) is 1. The predicted octanol–water partition coefficient (Wildman–Crippen LogP) is 2.72. The number of imidazole rings is 1. The van der Waals surface area contributed by atoms with Crippen LogP contribution >= 0.6 is 11.6 Å². The molecular weight excluding hydrogens is 222 g/mol. The Morgan fingerprint density at radius 3 is 2.88 bits per heavy atom. The maximum atomic E-state index is 5.97. The number of hydrogen-bond acceptors (Lipinski definition) is 2. The molecule has 4 heteroatoms. The van der Waals surface area contributed by atoms with Gasteiger partial charge in [-0.2, -0.15) is 0 Å². The largest absolute Gasteiger partial charge is 0.330 e. The molecule has 2 rings (SSSR count). The smallest absolute Gasteiger partial charge is 0.123 e. The van der Waals surface area contributed by atoms with Crippen LogP contribution in [0.3, 0.4) is 0 Å². The number of rotatable bonds is 3. The first-order valence-corrected chi connectivity index (χ1v) is 5.80. The maximum absolute atomic E-state index is 5.97. The Labute approximate surface area is 100 Å². The minimum absolute atomic E-state index is 0.461. The molecule has 0 bridgehead atoms. The average molecular weight is 238 g/mol. The fourth-order valence-corrected chi connectivity index (χ4v) is 1.83. The van der Waals surface area contributed by atoms with E-state index in [0.717, 1.165) is 28.4 Å². The standard InChI is InChI=1S/C12H16ClN3/c1-8(2)14-7-12-15-10-5-4-9(13)6-11(10)16(12)3/h4-6,8,14H,7H2,1-3H3. The zero-order chi connectivity index (χ0) is 11.7. The summed E-state index contributed by atoms with van der Waals surface area (Å²) in [5.41, 5.74) is 2.07. The number of fused-ring (bicyclic) bond motifs is 1. The van der Waals surface area contributed by atoms with E-state index in [1.807, 2.05) is 25.2 Å². The van der Waals surface area contributed by atoms with Crippen molar-refractivity contribution in [1.29, 1.82) is 0 Å². The van der Waals surface area contributed by atoms with Crippen LogP contribution in [-0.2, 0) is 13.6 Å². The van der Waals surface area contributed by atoms with Gasteiger partial charge >= 0.3 is 0 Å². The Bertz CT molecular complexity index is 502. The van der Waals surface area contributed by atoms with Gasteiger partial charge in [0.25, 0.3) is 0 Å². The molecule has 3 nitrogen and oxygen atoms in total. The Morgan fingerprint density at radius 2 is 2.19 bits per heavy atom. The zero-order valence-corrected chi connectivity index (χ0v) is 10.5. The molecule has 0 saturated heterocycles. The van der Waals surface area contributed by atoms with Gasteiger partial charge in [-0.25, -0.2) is 4.98 Å². The Balaban J connectivity index is 2.36. The summed E-state index contributed by atoms with van der Waals surface area (Å²) in [5.74, 6) is 1.03. The summed E-state index contributed by atoms with van der Waals surface area (Å²) in [5, 5.41) is 4.11. The van der Waals surface area contributed by atoms with Gasteiger partial charge in [0.1, 0.15) is 5.82 Å². The van der Waals surface area contributed by atoms with Crippen molar-refractivity contribution in [3.05, 3.63) is 29.0 Å². The second-order valence-corrected chi connectivity index (χ2v) is 4.69. The third-order valence-corrected chi connectivity index (χ3v) is 2.84. The minimum Gasteiger partial charge on any atom is -0.330 e. The summed E-state index contributed by atoms with van der Waals surface area (Å²) in [7, 11) is 2.02. The highest BCUT2D eigenvalue weighted by Crippen LogP contribution is 2.19. The molecule has 16 heavy (non-hydrogen) atoms. The van der Waals surface area contributed by atoms with E-state index in [1.54, 1.807) is 0 Å². The van der Waals surface area contributed by atoms with Crippen molar-refractivity contribution < 1.29 is 0 Å². The first-order valence-electron chi connectivity index (χ1n) is 5.42. The van der Waals surface area contributed by atoms with Crippen LogP contribution in [0.4, 0.5) is 0 Å². The third kappa shape index (κ3) is 2.20. The summed E-state index contributed by atoms with van der Waals surface area (Å²) in [6.45, 7) is 5.03. The van der Waals surface area contributed by atoms with Crippen LogP contribution < -0.4 is 5.32 Å². The Kier molecular flexibility index (Phi) is 3.17. The SMILES string of the molecule is CC(C)NCc1nc2ccc(Cl)cc2n1C. The van der Waals surface area contributed by atoms with Crippen LogP contribution in [0, 0.1) is 0 Å². The maximum Gasteiger partial charge on any atom is 0.123 e. The van der Waals surface area contributed by atoms with Crippen LogP contribution in [0.1, 0.15) is 19.7 Å². The molecule has 0 spiro atoms. The number of nitrogens with zero attached hydrogens (tertiary/aromatic N) is 2. The number of benzene rings is 1. The molecular formula is C12H16ClN3. The molecule has 2 aromatic rings. The van der Waals surface area contributed by atoms with Crippen LogP contribution in [0.25, 0.3) is 11.0 Å². The monoisotopic (exact) mass is 237 g/mol. The van der Waals surface area contributed by atoms with E-state index in [0.29, 0.717) is 6.04 Å². The Hall–Kier alpha value is -1.06. The fourth-order valence-electron chi connectivity index (χ4n) is 1.67. The summed E-state index contributed by atoms with van der Waals surface area (Å²) < 4.78 is 2.08. The first kappa shape index (κ1) is 11.4. The summed E-state index contributed by atoms with van der Waals surface area (Å²) in [4.78, 5) is 4.57. The predicted molar refractivity (Wildman–Crippen MR) is 67.7 cm³/mol.